The topological polar surface area (TPSA) is 21.3 Å². The van der Waals surface area contributed by atoms with Crippen LogP contribution in [0.1, 0.15) is 61.3 Å². The molecule has 0 spiro atoms. The van der Waals surface area contributed by atoms with Gasteiger partial charge in [0.25, 0.3) is 0 Å². The van der Waals surface area contributed by atoms with Crippen molar-refractivity contribution in [2.75, 3.05) is 6.61 Å². The number of rotatable bonds is 3. The number of hydrogen-bond donors (Lipinski definition) is 1. The van der Waals surface area contributed by atoms with Gasteiger partial charge in [-0.2, -0.15) is 0 Å². The van der Waals surface area contributed by atoms with E-state index in [0.29, 0.717) is 35.4 Å². The highest BCUT2D eigenvalue weighted by molar-refractivity contribution is 4.91. The van der Waals surface area contributed by atoms with Crippen LogP contribution in [0, 0.1) is 17.3 Å². The third kappa shape index (κ3) is 4.55. The van der Waals surface area contributed by atoms with Crippen LogP contribution in [-0.4, -0.2) is 24.8 Å². The van der Waals surface area contributed by atoms with Gasteiger partial charge in [0.1, 0.15) is 0 Å². The quantitative estimate of drug-likeness (QED) is 0.827. The van der Waals surface area contributed by atoms with E-state index in [1.165, 1.54) is 0 Å². The first-order valence-electron chi connectivity index (χ1n) is 7.59. The van der Waals surface area contributed by atoms with Gasteiger partial charge in [0, 0.05) is 18.7 Å². The molecule has 0 saturated carbocycles. The van der Waals surface area contributed by atoms with Gasteiger partial charge >= 0.3 is 0 Å². The van der Waals surface area contributed by atoms with Crippen LogP contribution in [0.4, 0.5) is 0 Å². The molecule has 0 bridgehead atoms. The SMILES string of the molecule is CC(C)CC1OCCC(C(C)(C)C)NC1C(C)C. The summed E-state index contributed by atoms with van der Waals surface area (Å²) in [5, 5.41) is 3.89. The van der Waals surface area contributed by atoms with Crippen molar-refractivity contribution in [2.45, 2.75) is 79.5 Å². The molecule has 2 nitrogen and oxygen atoms in total. The van der Waals surface area contributed by atoms with Crippen LogP contribution in [0.15, 0.2) is 0 Å². The lowest BCUT2D eigenvalue weighted by Crippen LogP contribution is -2.51. The molecule has 3 unspecified atom stereocenters. The monoisotopic (exact) mass is 255 g/mol. The standard InChI is InChI=1S/C16H33NO/c1-11(2)10-13-15(12(3)4)17-14(8-9-18-13)16(5,6)7/h11-15,17H,8-10H2,1-7H3. The zero-order valence-electron chi connectivity index (χ0n) is 13.4. The van der Waals surface area contributed by atoms with E-state index < -0.39 is 0 Å². The molecule has 1 fully saturated rings. The van der Waals surface area contributed by atoms with E-state index in [4.69, 9.17) is 4.74 Å². The van der Waals surface area contributed by atoms with Gasteiger partial charge in [0.05, 0.1) is 6.10 Å². The van der Waals surface area contributed by atoms with E-state index in [2.05, 4.69) is 53.8 Å². The zero-order chi connectivity index (χ0) is 13.9. The molecule has 1 saturated heterocycles. The van der Waals surface area contributed by atoms with Gasteiger partial charge in [0.15, 0.2) is 0 Å². The normalized spacial score (nSPS) is 30.8. The first-order valence-corrected chi connectivity index (χ1v) is 7.59. The maximum atomic E-state index is 6.15. The fourth-order valence-electron chi connectivity index (χ4n) is 2.85. The van der Waals surface area contributed by atoms with E-state index in [9.17, 15) is 0 Å². The molecule has 2 heteroatoms. The van der Waals surface area contributed by atoms with Crippen LogP contribution >= 0.6 is 0 Å². The molecule has 1 aliphatic rings. The largest absolute Gasteiger partial charge is 0.377 e. The van der Waals surface area contributed by atoms with E-state index in [0.717, 1.165) is 19.4 Å². The van der Waals surface area contributed by atoms with Crippen molar-refractivity contribution in [2.24, 2.45) is 17.3 Å². The van der Waals surface area contributed by atoms with Crippen molar-refractivity contribution >= 4 is 0 Å². The van der Waals surface area contributed by atoms with E-state index in [-0.39, 0.29) is 0 Å². The summed E-state index contributed by atoms with van der Waals surface area (Å²) < 4.78 is 6.15. The minimum Gasteiger partial charge on any atom is -0.377 e. The van der Waals surface area contributed by atoms with E-state index >= 15 is 0 Å². The second-order valence-electron chi connectivity index (χ2n) is 7.68. The molecule has 1 rings (SSSR count). The minimum atomic E-state index is 0.309. The summed E-state index contributed by atoms with van der Waals surface area (Å²) in [6.07, 6.45) is 2.66. The summed E-state index contributed by atoms with van der Waals surface area (Å²) in [7, 11) is 0. The molecule has 0 amide bonds. The molecule has 1 N–H and O–H groups in total. The highest BCUT2D eigenvalue weighted by Crippen LogP contribution is 2.28. The summed E-state index contributed by atoms with van der Waals surface area (Å²) in [6.45, 7) is 17.1. The molecule has 18 heavy (non-hydrogen) atoms. The summed E-state index contributed by atoms with van der Waals surface area (Å²) in [5.41, 5.74) is 0.309. The maximum Gasteiger partial charge on any atom is 0.0733 e. The van der Waals surface area contributed by atoms with Crippen molar-refractivity contribution in [1.29, 1.82) is 0 Å². The lowest BCUT2D eigenvalue weighted by atomic mass is 9.83. The highest BCUT2D eigenvalue weighted by Gasteiger charge is 2.35. The Morgan fingerprint density at radius 2 is 1.78 bits per heavy atom. The lowest BCUT2D eigenvalue weighted by molar-refractivity contribution is 0.0181. The van der Waals surface area contributed by atoms with Crippen LogP contribution in [0.2, 0.25) is 0 Å². The summed E-state index contributed by atoms with van der Waals surface area (Å²) in [4.78, 5) is 0. The number of ether oxygens (including phenoxy) is 1. The van der Waals surface area contributed by atoms with Crippen LogP contribution in [0.3, 0.4) is 0 Å². The van der Waals surface area contributed by atoms with Gasteiger partial charge in [-0.3, -0.25) is 0 Å². The Labute approximate surface area is 114 Å². The van der Waals surface area contributed by atoms with Crippen LogP contribution < -0.4 is 5.32 Å². The van der Waals surface area contributed by atoms with Crippen molar-refractivity contribution < 1.29 is 4.74 Å². The number of nitrogens with one attached hydrogen (secondary N) is 1. The second-order valence-corrected chi connectivity index (χ2v) is 7.68. The van der Waals surface area contributed by atoms with E-state index in [1.807, 2.05) is 0 Å². The van der Waals surface area contributed by atoms with Gasteiger partial charge in [-0.15, -0.1) is 0 Å². The van der Waals surface area contributed by atoms with Gasteiger partial charge in [-0.1, -0.05) is 48.5 Å². The molecule has 108 valence electrons. The molecule has 0 radical (unpaired) electrons. The number of hydrogen-bond acceptors (Lipinski definition) is 2. The Hall–Kier alpha value is -0.0800. The second kappa shape index (κ2) is 6.38. The van der Waals surface area contributed by atoms with Gasteiger partial charge < -0.3 is 10.1 Å². The Bertz CT molecular complexity index is 242. The lowest BCUT2D eigenvalue weighted by Gasteiger charge is -2.36. The third-order valence-corrected chi connectivity index (χ3v) is 4.00. The Morgan fingerprint density at radius 1 is 1.17 bits per heavy atom. The van der Waals surface area contributed by atoms with Gasteiger partial charge in [-0.05, 0) is 30.1 Å². The smallest absolute Gasteiger partial charge is 0.0733 e. The first kappa shape index (κ1) is 16.0. The Balaban J connectivity index is 2.78. The molecule has 0 aromatic heterocycles. The molecule has 0 aromatic rings. The molecule has 3 atom stereocenters. The minimum absolute atomic E-state index is 0.309. The molecule has 1 aliphatic heterocycles. The van der Waals surface area contributed by atoms with Gasteiger partial charge in [-0.25, -0.2) is 0 Å². The van der Waals surface area contributed by atoms with Crippen LogP contribution in [0.25, 0.3) is 0 Å². The highest BCUT2D eigenvalue weighted by atomic mass is 16.5. The maximum absolute atomic E-state index is 6.15. The molecule has 0 aliphatic carbocycles. The Kier molecular flexibility index (Phi) is 5.67. The van der Waals surface area contributed by atoms with Gasteiger partial charge in [0.2, 0.25) is 0 Å². The first-order chi connectivity index (χ1) is 8.21. The van der Waals surface area contributed by atoms with Crippen LogP contribution in [-0.2, 0) is 4.74 Å². The Morgan fingerprint density at radius 3 is 2.22 bits per heavy atom. The average Bonchev–Trinajstić information content (AvgIpc) is 2.38. The molecular weight excluding hydrogens is 222 g/mol. The molecule has 1 heterocycles. The van der Waals surface area contributed by atoms with Crippen molar-refractivity contribution in [1.82, 2.24) is 5.32 Å². The predicted molar refractivity (Wildman–Crippen MR) is 78.8 cm³/mol. The van der Waals surface area contributed by atoms with E-state index in [1.54, 1.807) is 0 Å². The zero-order valence-corrected chi connectivity index (χ0v) is 13.4. The summed E-state index contributed by atoms with van der Waals surface area (Å²) in [6, 6.07) is 1.04. The summed E-state index contributed by atoms with van der Waals surface area (Å²) in [5.74, 6) is 1.32. The van der Waals surface area contributed by atoms with Crippen molar-refractivity contribution in [3.8, 4) is 0 Å². The fourth-order valence-corrected chi connectivity index (χ4v) is 2.85. The van der Waals surface area contributed by atoms with Crippen molar-refractivity contribution in [3.05, 3.63) is 0 Å². The fraction of sp³-hybridized carbons (Fsp3) is 1.00. The van der Waals surface area contributed by atoms with Crippen molar-refractivity contribution in [3.63, 3.8) is 0 Å². The average molecular weight is 255 g/mol. The van der Waals surface area contributed by atoms with Crippen LogP contribution in [0.5, 0.6) is 0 Å². The summed E-state index contributed by atoms with van der Waals surface area (Å²) >= 11 is 0. The molecule has 0 aromatic carbocycles. The third-order valence-electron chi connectivity index (χ3n) is 4.00. The molecular formula is C16H33NO. The predicted octanol–water partition coefficient (Wildman–Crippen LogP) is 3.85.